The molecule has 0 saturated carbocycles. The van der Waals surface area contributed by atoms with Crippen LogP contribution in [-0.4, -0.2) is 15.7 Å². The number of aliphatic imine (C=N–C) groups is 1. The molecule has 96 valence electrons. The van der Waals surface area contributed by atoms with E-state index in [9.17, 15) is 4.79 Å². The predicted molar refractivity (Wildman–Crippen MR) is 78.4 cm³/mol. The topological polar surface area (TPSA) is 29.4 Å². The van der Waals surface area contributed by atoms with E-state index in [0.717, 1.165) is 15.6 Å². The molecule has 0 aromatic heterocycles. The molecule has 0 saturated heterocycles. The molecule has 4 heteroatoms. The zero-order valence-electron chi connectivity index (χ0n) is 10.7. The highest BCUT2D eigenvalue weighted by Gasteiger charge is 2.43. The fourth-order valence-electron chi connectivity index (χ4n) is 1.78. The Labute approximate surface area is 117 Å². The molecule has 2 rings (SSSR count). The molecule has 0 radical (unpaired) electrons. The minimum Gasteiger partial charge on any atom is -0.271 e. The number of thioether (sulfide) groups is 1. The number of nitrogens with zero attached hydrogens (tertiary/aromatic N) is 1. The van der Waals surface area contributed by atoms with Crippen LogP contribution in [0, 0.1) is 5.92 Å². The molecule has 0 N–H and O–H groups in total. The van der Waals surface area contributed by atoms with Gasteiger partial charge in [0.05, 0.1) is 5.04 Å². The Kier molecular flexibility index (Phi) is 3.83. The Hall–Kier alpha value is -0.800. The molecule has 1 aliphatic rings. The van der Waals surface area contributed by atoms with E-state index in [2.05, 4.69) is 18.8 Å². The van der Waals surface area contributed by atoms with Crippen LogP contribution in [0.25, 0.3) is 0 Å². The van der Waals surface area contributed by atoms with Gasteiger partial charge in [0.15, 0.2) is 0 Å². The first-order valence-electron chi connectivity index (χ1n) is 5.98. The van der Waals surface area contributed by atoms with Gasteiger partial charge in [-0.3, -0.25) is 4.79 Å². The zero-order valence-corrected chi connectivity index (χ0v) is 12.3. The summed E-state index contributed by atoms with van der Waals surface area (Å²) in [6.45, 7) is 6.07. The Morgan fingerprint density at radius 2 is 2.06 bits per heavy atom. The van der Waals surface area contributed by atoms with Crippen molar-refractivity contribution in [2.75, 3.05) is 0 Å². The lowest BCUT2D eigenvalue weighted by Gasteiger charge is -2.24. The molecule has 0 unspecified atom stereocenters. The average Bonchev–Trinajstić information content (AvgIpc) is 2.59. The lowest BCUT2D eigenvalue weighted by atomic mass is 9.96. The van der Waals surface area contributed by atoms with Crippen molar-refractivity contribution in [3.05, 3.63) is 34.9 Å². The normalized spacial score (nSPS) is 23.6. The summed E-state index contributed by atoms with van der Waals surface area (Å²) in [5.74, 6) is 0.243. The number of amides is 1. The van der Waals surface area contributed by atoms with Crippen LogP contribution in [0.4, 0.5) is 0 Å². The third-order valence-electron chi connectivity index (χ3n) is 3.38. The molecular weight excluding hydrogens is 266 g/mol. The summed E-state index contributed by atoms with van der Waals surface area (Å²) in [5.41, 5.74) is 1.02. The van der Waals surface area contributed by atoms with Gasteiger partial charge in [0, 0.05) is 11.4 Å². The van der Waals surface area contributed by atoms with Gasteiger partial charge in [0.25, 0.3) is 5.91 Å². The van der Waals surface area contributed by atoms with E-state index in [-0.39, 0.29) is 11.8 Å². The van der Waals surface area contributed by atoms with Crippen LogP contribution >= 0.6 is 23.4 Å². The number of carbonyl (C=O) groups is 1. The van der Waals surface area contributed by atoms with Gasteiger partial charge in [0.2, 0.25) is 0 Å². The molecule has 1 amide bonds. The maximum absolute atomic E-state index is 12.0. The van der Waals surface area contributed by atoms with Gasteiger partial charge in [-0.05, 0) is 24.5 Å². The van der Waals surface area contributed by atoms with E-state index in [0.29, 0.717) is 6.42 Å². The second kappa shape index (κ2) is 5.06. The summed E-state index contributed by atoms with van der Waals surface area (Å²) in [4.78, 5) is 16.2. The maximum Gasteiger partial charge on any atom is 0.263 e. The molecular formula is C14H16ClNOS. The van der Waals surface area contributed by atoms with E-state index in [1.807, 2.05) is 31.2 Å². The summed E-state index contributed by atoms with van der Waals surface area (Å²) < 4.78 is -0.420. The summed E-state index contributed by atoms with van der Waals surface area (Å²) in [7, 11) is 0. The van der Waals surface area contributed by atoms with Crippen molar-refractivity contribution >= 4 is 34.3 Å². The minimum absolute atomic E-state index is 0.0236. The maximum atomic E-state index is 12.0. The molecule has 1 atom stereocenters. The summed E-state index contributed by atoms with van der Waals surface area (Å²) in [6.07, 6.45) is 0.637. The molecule has 1 aliphatic heterocycles. The van der Waals surface area contributed by atoms with Crippen molar-refractivity contribution in [3.63, 3.8) is 0 Å². The standard InChI is InChI=1S/C14H16ClNOS/c1-9(2)14(3)13(17)16-12(18-14)8-10-6-4-5-7-11(10)15/h4-7,9H,8H2,1-3H3/t14-/m1/s1. The summed E-state index contributed by atoms with van der Waals surface area (Å²) in [5, 5.41) is 1.59. The first kappa shape index (κ1) is 13.6. The Balaban J connectivity index is 2.17. The van der Waals surface area contributed by atoms with Gasteiger partial charge in [-0.2, -0.15) is 0 Å². The third kappa shape index (κ3) is 2.47. The van der Waals surface area contributed by atoms with Crippen molar-refractivity contribution in [1.29, 1.82) is 0 Å². The van der Waals surface area contributed by atoms with Crippen molar-refractivity contribution in [1.82, 2.24) is 0 Å². The number of benzene rings is 1. The second-order valence-corrected chi connectivity index (χ2v) is 6.87. The van der Waals surface area contributed by atoms with Gasteiger partial charge in [-0.15, -0.1) is 0 Å². The largest absolute Gasteiger partial charge is 0.271 e. The van der Waals surface area contributed by atoms with E-state index >= 15 is 0 Å². The van der Waals surface area contributed by atoms with Crippen LogP contribution in [0.1, 0.15) is 26.3 Å². The zero-order chi connectivity index (χ0) is 13.3. The highest BCUT2D eigenvalue weighted by molar-refractivity contribution is 8.16. The van der Waals surface area contributed by atoms with Crippen LogP contribution < -0.4 is 0 Å². The summed E-state index contributed by atoms with van der Waals surface area (Å²) >= 11 is 7.70. The van der Waals surface area contributed by atoms with Gasteiger partial charge in [-0.1, -0.05) is 55.4 Å². The van der Waals surface area contributed by atoms with Crippen LogP contribution in [0.15, 0.2) is 29.3 Å². The smallest absolute Gasteiger partial charge is 0.263 e. The lowest BCUT2D eigenvalue weighted by molar-refractivity contribution is -0.120. The van der Waals surface area contributed by atoms with Crippen LogP contribution in [0.3, 0.4) is 0 Å². The minimum atomic E-state index is -0.420. The van der Waals surface area contributed by atoms with Gasteiger partial charge in [0.1, 0.15) is 4.75 Å². The fourth-order valence-corrected chi connectivity index (χ4v) is 3.20. The summed E-state index contributed by atoms with van der Waals surface area (Å²) in [6, 6.07) is 7.69. The monoisotopic (exact) mass is 281 g/mol. The number of rotatable bonds is 3. The highest BCUT2D eigenvalue weighted by atomic mass is 35.5. The Morgan fingerprint density at radius 3 is 2.61 bits per heavy atom. The van der Waals surface area contributed by atoms with E-state index in [4.69, 9.17) is 11.6 Å². The van der Waals surface area contributed by atoms with Crippen molar-refractivity contribution in [2.45, 2.75) is 31.9 Å². The first-order chi connectivity index (χ1) is 8.43. The molecule has 0 bridgehead atoms. The molecule has 18 heavy (non-hydrogen) atoms. The van der Waals surface area contributed by atoms with Crippen molar-refractivity contribution < 1.29 is 4.79 Å². The first-order valence-corrected chi connectivity index (χ1v) is 7.17. The number of hydrogen-bond acceptors (Lipinski definition) is 2. The number of halogens is 1. The van der Waals surface area contributed by atoms with E-state index < -0.39 is 4.75 Å². The number of carbonyl (C=O) groups excluding carboxylic acids is 1. The average molecular weight is 282 g/mol. The van der Waals surface area contributed by atoms with Gasteiger partial charge in [-0.25, -0.2) is 4.99 Å². The van der Waals surface area contributed by atoms with Crippen LogP contribution in [-0.2, 0) is 11.2 Å². The van der Waals surface area contributed by atoms with Crippen molar-refractivity contribution in [2.24, 2.45) is 10.9 Å². The van der Waals surface area contributed by atoms with Crippen LogP contribution in [0.5, 0.6) is 0 Å². The second-order valence-electron chi connectivity index (χ2n) is 4.94. The molecule has 1 aromatic rings. The Bertz CT molecular complexity index is 512. The quantitative estimate of drug-likeness (QED) is 0.839. The van der Waals surface area contributed by atoms with Crippen molar-refractivity contribution in [3.8, 4) is 0 Å². The molecule has 1 heterocycles. The number of hydrogen-bond donors (Lipinski definition) is 0. The molecule has 1 aromatic carbocycles. The third-order valence-corrected chi connectivity index (χ3v) is 5.29. The molecule has 0 aliphatic carbocycles. The van der Waals surface area contributed by atoms with Crippen LogP contribution in [0.2, 0.25) is 5.02 Å². The van der Waals surface area contributed by atoms with Gasteiger partial charge >= 0.3 is 0 Å². The SMILES string of the molecule is CC(C)[C@@]1(C)SC(Cc2ccccc2Cl)=NC1=O. The molecule has 0 spiro atoms. The molecule has 2 nitrogen and oxygen atoms in total. The predicted octanol–water partition coefficient (Wildman–Crippen LogP) is 3.97. The van der Waals surface area contributed by atoms with E-state index in [1.54, 1.807) is 11.8 Å². The van der Waals surface area contributed by atoms with Gasteiger partial charge < -0.3 is 0 Å². The van der Waals surface area contributed by atoms with E-state index in [1.165, 1.54) is 0 Å². The highest BCUT2D eigenvalue weighted by Crippen LogP contribution is 2.41. The Morgan fingerprint density at radius 1 is 1.39 bits per heavy atom. The molecule has 0 fully saturated rings. The fraction of sp³-hybridized carbons (Fsp3) is 0.429. The lowest BCUT2D eigenvalue weighted by Crippen LogP contribution is -2.33.